The summed E-state index contributed by atoms with van der Waals surface area (Å²) in [6, 6.07) is 54.0. The van der Waals surface area contributed by atoms with Gasteiger partial charge in [0.05, 0.1) is 36.8 Å². The van der Waals surface area contributed by atoms with Crippen LogP contribution in [-0.2, 0) is 32.9 Å². The van der Waals surface area contributed by atoms with Crippen molar-refractivity contribution in [3.63, 3.8) is 0 Å². The van der Waals surface area contributed by atoms with Gasteiger partial charge in [0.1, 0.15) is 11.2 Å². The summed E-state index contributed by atoms with van der Waals surface area (Å²) in [6.45, 7) is 18.3. The van der Waals surface area contributed by atoms with Gasteiger partial charge in [-0.25, -0.2) is 0 Å². The van der Waals surface area contributed by atoms with E-state index in [-0.39, 0.29) is 20.1 Å². The van der Waals surface area contributed by atoms with Gasteiger partial charge in [0.2, 0.25) is 0 Å². The third kappa shape index (κ3) is 11.9. The first kappa shape index (κ1) is 48.2. The Morgan fingerprint density at radius 2 is 1.17 bits per heavy atom. The molecule has 0 bridgehead atoms. The Hall–Kier alpha value is -6.29. The largest absolute Gasteiger partial charge is 0.455 e. The quantitative estimate of drug-likeness (QED) is 0.135. The molecule has 9 rings (SSSR count). The van der Waals surface area contributed by atoms with Gasteiger partial charge in [0, 0.05) is 66.2 Å². The van der Waals surface area contributed by atoms with Gasteiger partial charge >= 0.3 is 0 Å². The van der Waals surface area contributed by atoms with E-state index in [4.69, 9.17) is 9.40 Å². The van der Waals surface area contributed by atoms with E-state index in [1.54, 1.807) is 0 Å². The van der Waals surface area contributed by atoms with Crippen molar-refractivity contribution < 1.29 is 24.5 Å². The first-order chi connectivity index (χ1) is 30.9. The summed E-state index contributed by atoms with van der Waals surface area (Å²) >= 11 is 0. The van der Waals surface area contributed by atoms with Crippen LogP contribution in [0, 0.1) is 17.2 Å². The minimum atomic E-state index is -1.33. The van der Waals surface area contributed by atoms with Crippen molar-refractivity contribution in [2.24, 2.45) is 5.92 Å². The Kier molecular flexibility index (Phi) is 16.4. The van der Waals surface area contributed by atoms with E-state index in [0.29, 0.717) is 23.0 Å². The standard InChI is InChI=1S/C28H22N2O.C17H23NSi.C13H13N.Ir/c1-18(2)14-19-12-13-30-25(15-19)23-10-9-22(17-29)27-24-11-8-21(16-26(24)31-28(23)27)20-6-4-3-5-7-20;1-13(2)15-11-16(14-9-7-6-8-10-14)18-12-17(15)19(3,4)5;1-2-11-8-9-14-13(10-11)12-6-4-3-5-7-12;/h3-13,15-16,18H,14H2,1-2H3;6-13H,1-5H3;3-10H,2H2,1H3;. The first-order valence-corrected chi connectivity index (χ1v) is 25.9. The van der Waals surface area contributed by atoms with E-state index in [0.717, 1.165) is 63.0 Å². The number of furan rings is 1. The zero-order chi connectivity index (χ0) is 45.2. The minimum absolute atomic E-state index is 0. The smallest absolute Gasteiger partial charge is 0.146 e. The van der Waals surface area contributed by atoms with Gasteiger partial charge in [-0.15, -0.1) is 0 Å². The molecule has 4 aromatic heterocycles. The summed E-state index contributed by atoms with van der Waals surface area (Å²) in [5, 5.41) is 13.0. The van der Waals surface area contributed by atoms with Crippen LogP contribution in [0.4, 0.5) is 0 Å². The van der Waals surface area contributed by atoms with Crippen molar-refractivity contribution >= 4 is 35.2 Å². The zero-order valence-corrected chi connectivity index (χ0v) is 42.2. The summed E-state index contributed by atoms with van der Waals surface area (Å²) in [5.41, 5.74) is 14.7. The van der Waals surface area contributed by atoms with Crippen LogP contribution in [0.3, 0.4) is 0 Å². The van der Waals surface area contributed by atoms with Crippen molar-refractivity contribution in [2.45, 2.75) is 73.0 Å². The molecule has 7 heteroatoms. The molecular weight excluding hydrogens is 989 g/mol. The molecule has 0 unspecified atom stereocenters. The van der Waals surface area contributed by atoms with Crippen molar-refractivity contribution in [1.82, 2.24) is 15.0 Å². The maximum Gasteiger partial charge on any atom is 0.146 e. The van der Waals surface area contributed by atoms with E-state index < -0.39 is 8.07 Å². The van der Waals surface area contributed by atoms with Crippen LogP contribution in [0.15, 0.2) is 175 Å². The summed E-state index contributed by atoms with van der Waals surface area (Å²) in [5.74, 6) is 1.12. The minimum Gasteiger partial charge on any atom is -0.455 e. The van der Waals surface area contributed by atoms with E-state index >= 15 is 0 Å². The Labute approximate surface area is 400 Å². The predicted molar refractivity (Wildman–Crippen MR) is 271 cm³/mol. The molecule has 65 heavy (non-hydrogen) atoms. The fourth-order valence-corrected chi connectivity index (χ4v) is 9.69. The molecule has 1 radical (unpaired) electrons. The second-order valence-corrected chi connectivity index (χ2v) is 23.0. The molecule has 329 valence electrons. The summed E-state index contributed by atoms with van der Waals surface area (Å²) in [7, 11) is -1.33. The fourth-order valence-electron chi connectivity index (χ4n) is 8.01. The monoisotopic (exact) mass is 1050 g/mol. The SMILES string of the molecule is CC(C)Cc1ccnc(-c2ccc(C#N)c3c2oc2cc(-c4ccccc4)ccc23)c1.CC(C)c1cc(-c2ccccc2)ncc1[Si](C)(C)C.CCc1ccnc(-c2ccccc2)c1.[Ir]. The molecule has 0 aliphatic rings. The van der Waals surface area contributed by atoms with Crippen LogP contribution in [0.1, 0.15) is 62.8 Å². The Morgan fingerprint density at radius 1 is 0.600 bits per heavy atom. The van der Waals surface area contributed by atoms with Gasteiger partial charge in [-0.05, 0) is 112 Å². The molecule has 0 amide bonds. The third-order valence-corrected chi connectivity index (χ3v) is 13.4. The van der Waals surface area contributed by atoms with Gasteiger partial charge in [-0.1, -0.05) is 151 Å². The van der Waals surface area contributed by atoms with Gasteiger partial charge in [-0.3, -0.25) is 15.0 Å². The molecule has 4 heterocycles. The fraction of sp³-hybridized carbons (Fsp3) is 0.207. The zero-order valence-electron chi connectivity index (χ0n) is 38.8. The molecule has 9 aromatic rings. The van der Waals surface area contributed by atoms with E-state index in [2.05, 4.69) is 174 Å². The number of hydrogen-bond acceptors (Lipinski definition) is 5. The maximum absolute atomic E-state index is 9.74. The number of rotatable bonds is 9. The molecule has 0 aliphatic heterocycles. The second-order valence-electron chi connectivity index (χ2n) is 18.0. The predicted octanol–water partition coefficient (Wildman–Crippen LogP) is 15.1. The number of pyridine rings is 3. The third-order valence-electron chi connectivity index (χ3n) is 11.3. The molecule has 0 atom stereocenters. The normalized spacial score (nSPS) is 11.0. The molecular formula is C58H58IrN4OSi. The van der Waals surface area contributed by atoms with E-state index in [9.17, 15) is 5.26 Å². The Bertz CT molecular complexity index is 3010. The van der Waals surface area contributed by atoms with Crippen LogP contribution in [-0.4, -0.2) is 23.0 Å². The van der Waals surface area contributed by atoms with Crippen LogP contribution >= 0.6 is 0 Å². The number of benzene rings is 5. The molecule has 0 N–H and O–H groups in total. The van der Waals surface area contributed by atoms with E-state index in [1.165, 1.54) is 33.0 Å². The van der Waals surface area contributed by atoms with Crippen molar-refractivity contribution in [3.8, 4) is 51.0 Å². The van der Waals surface area contributed by atoms with Gasteiger partial charge < -0.3 is 4.42 Å². The van der Waals surface area contributed by atoms with E-state index in [1.807, 2.05) is 67.0 Å². The summed E-state index contributed by atoms with van der Waals surface area (Å²) in [6.07, 6.45) is 7.90. The average molecular weight is 1050 g/mol. The number of aromatic nitrogens is 3. The van der Waals surface area contributed by atoms with Crippen LogP contribution < -0.4 is 5.19 Å². The van der Waals surface area contributed by atoms with Gasteiger partial charge in [0.25, 0.3) is 0 Å². The van der Waals surface area contributed by atoms with Crippen molar-refractivity contribution in [3.05, 3.63) is 193 Å². The molecule has 0 fully saturated rings. The molecule has 0 spiro atoms. The average Bonchev–Trinajstić information content (AvgIpc) is 3.71. The summed E-state index contributed by atoms with van der Waals surface area (Å²) < 4.78 is 6.37. The topological polar surface area (TPSA) is 75.6 Å². The number of fused-ring (bicyclic) bond motifs is 3. The molecule has 0 saturated carbocycles. The summed E-state index contributed by atoms with van der Waals surface area (Å²) in [4.78, 5) is 13.7. The van der Waals surface area contributed by atoms with Gasteiger partial charge in [-0.2, -0.15) is 5.26 Å². The van der Waals surface area contributed by atoms with Gasteiger partial charge in [0.15, 0.2) is 0 Å². The van der Waals surface area contributed by atoms with Crippen LogP contribution in [0.25, 0.3) is 66.8 Å². The second kappa shape index (κ2) is 22.1. The number of hydrogen-bond donors (Lipinski definition) is 0. The van der Waals surface area contributed by atoms with Crippen LogP contribution in [0.5, 0.6) is 0 Å². The Morgan fingerprint density at radius 3 is 1.74 bits per heavy atom. The van der Waals surface area contributed by atoms with Crippen molar-refractivity contribution in [1.29, 1.82) is 5.26 Å². The van der Waals surface area contributed by atoms with Crippen LogP contribution in [0.2, 0.25) is 19.6 Å². The molecule has 0 aliphatic carbocycles. The maximum atomic E-state index is 9.74. The molecule has 0 saturated heterocycles. The first-order valence-electron chi connectivity index (χ1n) is 22.4. The number of aryl methyl sites for hydroxylation is 1. The Balaban J connectivity index is 0.000000176. The molecule has 5 nitrogen and oxygen atoms in total. The number of nitrogens with zero attached hydrogens (tertiary/aromatic N) is 4. The van der Waals surface area contributed by atoms with Crippen molar-refractivity contribution in [2.75, 3.05) is 0 Å². The number of nitriles is 1. The molecule has 5 aromatic carbocycles.